The number of aromatic nitrogens is 1. The Bertz CT molecular complexity index is 945. The predicted molar refractivity (Wildman–Crippen MR) is 108 cm³/mol. The number of carbonyl (C=O) groups is 1. The zero-order valence-corrected chi connectivity index (χ0v) is 15.6. The average Bonchev–Trinajstić information content (AvgIpc) is 3.40. The van der Waals surface area contributed by atoms with Gasteiger partial charge in [0.25, 0.3) is 0 Å². The first-order chi connectivity index (χ1) is 12.7. The smallest absolute Gasteiger partial charge is 0.303 e. The Morgan fingerprint density at radius 1 is 0.846 bits per heavy atom. The first kappa shape index (κ1) is 16.8. The first-order valence-corrected chi connectivity index (χ1v) is 10.1. The van der Waals surface area contributed by atoms with Gasteiger partial charge in [0.2, 0.25) is 0 Å². The van der Waals surface area contributed by atoms with Crippen molar-refractivity contribution >= 4 is 28.6 Å². The summed E-state index contributed by atoms with van der Waals surface area (Å²) in [5.41, 5.74) is 4.46. The van der Waals surface area contributed by atoms with Crippen LogP contribution in [0.3, 0.4) is 0 Å². The fraction of sp³-hybridized carbons (Fsp3) is 0.0952. The Balaban J connectivity index is 1.77. The maximum atomic E-state index is 10.8. The third kappa shape index (κ3) is 3.36. The van der Waals surface area contributed by atoms with Gasteiger partial charge in [-0.05, 0) is 59.1 Å². The molecule has 3 heterocycles. The van der Waals surface area contributed by atoms with Gasteiger partial charge < -0.3 is 9.67 Å². The highest BCUT2D eigenvalue weighted by Gasteiger charge is 2.15. The number of carboxylic acids is 1. The lowest BCUT2D eigenvalue weighted by Crippen LogP contribution is -2.00. The molecular weight excluding hydrogens is 362 g/mol. The number of rotatable bonds is 6. The molecule has 3 nitrogen and oxygen atoms in total. The van der Waals surface area contributed by atoms with Gasteiger partial charge in [0.05, 0.1) is 21.1 Å². The number of hydrogen-bond acceptors (Lipinski definition) is 3. The molecule has 0 atom stereocenters. The highest BCUT2D eigenvalue weighted by atomic mass is 32.1. The Kier molecular flexibility index (Phi) is 4.73. The zero-order valence-electron chi connectivity index (χ0n) is 14.0. The van der Waals surface area contributed by atoms with Crippen LogP contribution in [0.1, 0.15) is 12.0 Å². The van der Waals surface area contributed by atoms with Crippen LogP contribution in [0.5, 0.6) is 0 Å². The van der Waals surface area contributed by atoms with Crippen LogP contribution in [0.2, 0.25) is 0 Å². The van der Waals surface area contributed by atoms with Crippen molar-refractivity contribution in [3.63, 3.8) is 0 Å². The van der Waals surface area contributed by atoms with Gasteiger partial charge in [0, 0.05) is 12.1 Å². The maximum absolute atomic E-state index is 10.8. The highest BCUT2D eigenvalue weighted by Crippen LogP contribution is 2.36. The quantitative estimate of drug-likeness (QED) is 0.450. The van der Waals surface area contributed by atoms with E-state index in [0.29, 0.717) is 6.42 Å². The van der Waals surface area contributed by atoms with Gasteiger partial charge in [-0.1, -0.05) is 24.3 Å². The molecule has 1 aromatic carbocycles. The second-order valence-electron chi connectivity index (χ2n) is 5.95. The summed E-state index contributed by atoms with van der Waals surface area (Å²) in [6.07, 6.45) is 0.709. The summed E-state index contributed by atoms with van der Waals surface area (Å²) in [4.78, 5) is 13.2. The Morgan fingerprint density at radius 2 is 1.42 bits per heavy atom. The lowest BCUT2D eigenvalue weighted by Gasteiger charge is -2.13. The number of aryl methyl sites for hydroxylation is 1. The molecular formula is C21H17NO2S2. The van der Waals surface area contributed by atoms with Crippen LogP contribution in [0.15, 0.2) is 71.4 Å². The minimum atomic E-state index is -0.764. The van der Waals surface area contributed by atoms with Crippen LogP contribution in [0, 0.1) is 0 Å². The van der Waals surface area contributed by atoms with E-state index >= 15 is 0 Å². The molecule has 0 unspecified atom stereocenters. The van der Waals surface area contributed by atoms with Crippen molar-refractivity contribution in [3.8, 4) is 26.8 Å². The van der Waals surface area contributed by atoms with Crippen LogP contribution in [0.25, 0.3) is 26.8 Å². The van der Waals surface area contributed by atoms with E-state index in [1.165, 1.54) is 21.1 Å². The van der Waals surface area contributed by atoms with E-state index in [0.717, 1.165) is 11.3 Å². The minimum absolute atomic E-state index is 0.157. The van der Waals surface area contributed by atoms with E-state index < -0.39 is 5.97 Å². The number of aliphatic carboxylic acids is 1. The van der Waals surface area contributed by atoms with Gasteiger partial charge in [-0.2, -0.15) is 0 Å². The molecule has 26 heavy (non-hydrogen) atoms. The molecule has 130 valence electrons. The van der Waals surface area contributed by atoms with Crippen molar-refractivity contribution in [2.24, 2.45) is 0 Å². The van der Waals surface area contributed by atoms with Gasteiger partial charge in [0.15, 0.2) is 0 Å². The third-order valence-corrected chi connectivity index (χ3v) is 6.03. The number of nitrogens with zero attached hydrogens (tertiary/aromatic N) is 1. The maximum Gasteiger partial charge on any atom is 0.303 e. The Hall–Kier alpha value is -2.63. The van der Waals surface area contributed by atoms with Crippen LogP contribution in [0.4, 0.5) is 0 Å². The molecule has 0 amide bonds. The second-order valence-corrected chi connectivity index (χ2v) is 7.85. The normalized spacial score (nSPS) is 10.9. The monoisotopic (exact) mass is 379 g/mol. The lowest BCUT2D eigenvalue weighted by molar-refractivity contribution is -0.136. The SMILES string of the molecule is O=C(O)CCc1ccc(-n2c(-c3cccs3)ccc2-c2cccs2)cc1. The molecule has 0 fully saturated rings. The fourth-order valence-corrected chi connectivity index (χ4v) is 4.49. The van der Waals surface area contributed by atoms with Crippen molar-refractivity contribution in [2.45, 2.75) is 12.8 Å². The van der Waals surface area contributed by atoms with E-state index in [-0.39, 0.29) is 6.42 Å². The standard InChI is InChI=1S/C21H17NO2S2/c23-21(24)12-7-15-5-8-16(9-6-15)22-17(19-3-1-13-25-19)10-11-18(22)20-4-2-14-26-20/h1-6,8-11,13-14H,7,12H2,(H,23,24). The van der Waals surface area contributed by atoms with Gasteiger partial charge >= 0.3 is 5.97 Å². The summed E-state index contributed by atoms with van der Waals surface area (Å²) in [7, 11) is 0. The van der Waals surface area contributed by atoms with Crippen LogP contribution in [-0.2, 0) is 11.2 Å². The minimum Gasteiger partial charge on any atom is -0.481 e. The number of carboxylic acid groups (broad SMARTS) is 1. The van der Waals surface area contributed by atoms with Crippen molar-refractivity contribution in [2.75, 3.05) is 0 Å². The molecule has 0 aliphatic rings. The molecule has 5 heteroatoms. The van der Waals surface area contributed by atoms with Gasteiger partial charge in [-0.3, -0.25) is 4.79 Å². The highest BCUT2D eigenvalue weighted by molar-refractivity contribution is 7.14. The van der Waals surface area contributed by atoms with Crippen molar-refractivity contribution in [1.29, 1.82) is 0 Å². The molecule has 0 spiro atoms. The third-order valence-electron chi connectivity index (χ3n) is 4.25. The molecule has 0 saturated carbocycles. The Labute approximate surface area is 159 Å². The molecule has 4 rings (SSSR count). The molecule has 0 aliphatic carbocycles. The summed E-state index contributed by atoms with van der Waals surface area (Å²) in [5.74, 6) is -0.764. The van der Waals surface area contributed by atoms with E-state index in [1.807, 2.05) is 12.1 Å². The van der Waals surface area contributed by atoms with Gasteiger partial charge in [-0.25, -0.2) is 0 Å². The average molecular weight is 380 g/mol. The zero-order chi connectivity index (χ0) is 17.9. The summed E-state index contributed by atoms with van der Waals surface area (Å²) in [6, 6.07) is 20.9. The number of thiophene rings is 2. The van der Waals surface area contributed by atoms with Crippen molar-refractivity contribution in [3.05, 3.63) is 77.0 Å². The van der Waals surface area contributed by atoms with E-state index in [2.05, 4.69) is 63.9 Å². The summed E-state index contributed by atoms with van der Waals surface area (Å²) in [6.45, 7) is 0. The van der Waals surface area contributed by atoms with Crippen LogP contribution >= 0.6 is 22.7 Å². The van der Waals surface area contributed by atoms with Crippen LogP contribution < -0.4 is 0 Å². The number of benzene rings is 1. The molecule has 1 N–H and O–H groups in total. The molecule has 3 aromatic heterocycles. The number of hydrogen-bond donors (Lipinski definition) is 1. The molecule has 4 aromatic rings. The summed E-state index contributed by atoms with van der Waals surface area (Å²) >= 11 is 3.45. The molecule has 0 aliphatic heterocycles. The predicted octanol–water partition coefficient (Wildman–Crippen LogP) is 5.95. The van der Waals surface area contributed by atoms with Gasteiger partial charge in [0.1, 0.15) is 0 Å². The Morgan fingerprint density at radius 3 is 1.88 bits per heavy atom. The second kappa shape index (κ2) is 7.32. The lowest BCUT2D eigenvalue weighted by atomic mass is 10.1. The summed E-state index contributed by atoms with van der Waals surface area (Å²) < 4.78 is 2.28. The van der Waals surface area contributed by atoms with E-state index in [1.54, 1.807) is 22.7 Å². The fourth-order valence-electron chi connectivity index (χ4n) is 3.01. The van der Waals surface area contributed by atoms with E-state index in [9.17, 15) is 4.79 Å². The van der Waals surface area contributed by atoms with Gasteiger partial charge in [-0.15, -0.1) is 22.7 Å². The van der Waals surface area contributed by atoms with E-state index in [4.69, 9.17) is 5.11 Å². The molecule has 0 saturated heterocycles. The van der Waals surface area contributed by atoms with Crippen molar-refractivity contribution < 1.29 is 9.90 Å². The topological polar surface area (TPSA) is 42.2 Å². The van der Waals surface area contributed by atoms with Crippen LogP contribution in [-0.4, -0.2) is 15.6 Å². The molecule has 0 radical (unpaired) electrons. The summed E-state index contributed by atoms with van der Waals surface area (Å²) in [5, 5.41) is 13.0. The van der Waals surface area contributed by atoms with Crippen molar-refractivity contribution in [1.82, 2.24) is 4.57 Å². The largest absolute Gasteiger partial charge is 0.481 e. The molecule has 0 bridgehead atoms. The first-order valence-electron chi connectivity index (χ1n) is 8.33.